The molecule has 1 atom stereocenters. The summed E-state index contributed by atoms with van der Waals surface area (Å²) in [6, 6.07) is 14.1. The standard InChI is InChI=1S/C20H20ClNO3/c1-2-3-12-25-19(23)13-18-16-6-4-5-7-17(16)20(24)22(18)15-10-8-14(21)9-11-15/h4-11,18H,2-3,12-13H2,1H3. The number of rotatable bonds is 6. The third kappa shape index (κ3) is 3.69. The van der Waals surface area contributed by atoms with Crippen LogP contribution < -0.4 is 4.90 Å². The van der Waals surface area contributed by atoms with Crippen molar-refractivity contribution in [1.29, 1.82) is 0 Å². The highest BCUT2D eigenvalue weighted by atomic mass is 35.5. The summed E-state index contributed by atoms with van der Waals surface area (Å²) in [7, 11) is 0. The Hall–Kier alpha value is -2.33. The van der Waals surface area contributed by atoms with Crippen molar-refractivity contribution in [2.24, 2.45) is 0 Å². The summed E-state index contributed by atoms with van der Waals surface area (Å²) in [6.45, 7) is 2.46. The van der Waals surface area contributed by atoms with Crippen molar-refractivity contribution >= 4 is 29.2 Å². The number of hydrogen-bond donors (Lipinski definition) is 0. The highest BCUT2D eigenvalue weighted by Gasteiger charge is 2.38. The summed E-state index contributed by atoms with van der Waals surface area (Å²) in [5, 5.41) is 0.600. The summed E-state index contributed by atoms with van der Waals surface area (Å²) in [5.41, 5.74) is 2.20. The Labute approximate surface area is 152 Å². The lowest BCUT2D eigenvalue weighted by atomic mass is 10.0. The fourth-order valence-electron chi connectivity index (χ4n) is 3.04. The van der Waals surface area contributed by atoms with E-state index in [4.69, 9.17) is 16.3 Å². The Morgan fingerprint density at radius 1 is 1.16 bits per heavy atom. The topological polar surface area (TPSA) is 46.6 Å². The second-order valence-corrected chi connectivity index (χ2v) is 6.47. The first-order chi connectivity index (χ1) is 12.1. The number of hydrogen-bond acceptors (Lipinski definition) is 3. The van der Waals surface area contributed by atoms with E-state index in [0.29, 0.717) is 17.2 Å². The van der Waals surface area contributed by atoms with Gasteiger partial charge in [-0.1, -0.05) is 43.1 Å². The van der Waals surface area contributed by atoms with Crippen molar-refractivity contribution in [1.82, 2.24) is 0 Å². The number of halogens is 1. The summed E-state index contributed by atoms with van der Waals surface area (Å²) >= 11 is 5.96. The van der Waals surface area contributed by atoms with Crippen molar-refractivity contribution < 1.29 is 14.3 Å². The maximum Gasteiger partial charge on any atom is 0.308 e. The normalized spacial score (nSPS) is 16.0. The maximum atomic E-state index is 12.9. The fourth-order valence-corrected chi connectivity index (χ4v) is 3.17. The lowest BCUT2D eigenvalue weighted by Gasteiger charge is -2.25. The van der Waals surface area contributed by atoms with Crippen LogP contribution in [0.1, 0.15) is 48.1 Å². The van der Waals surface area contributed by atoms with Gasteiger partial charge in [0.1, 0.15) is 0 Å². The molecule has 0 aromatic heterocycles. The minimum absolute atomic E-state index is 0.107. The molecule has 3 rings (SSSR count). The predicted octanol–water partition coefficient (Wildman–Crippen LogP) is 4.77. The Morgan fingerprint density at radius 3 is 2.60 bits per heavy atom. The molecule has 1 unspecified atom stereocenters. The number of carbonyl (C=O) groups excluding carboxylic acids is 2. The Balaban J connectivity index is 1.88. The largest absolute Gasteiger partial charge is 0.466 e. The third-order valence-electron chi connectivity index (χ3n) is 4.31. The van der Waals surface area contributed by atoms with E-state index in [-0.39, 0.29) is 24.3 Å². The monoisotopic (exact) mass is 357 g/mol. The molecular formula is C20H20ClNO3. The number of anilines is 1. The number of fused-ring (bicyclic) bond motifs is 1. The van der Waals surface area contributed by atoms with E-state index < -0.39 is 0 Å². The minimum Gasteiger partial charge on any atom is -0.466 e. The molecule has 1 aliphatic heterocycles. The van der Waals surface area contributed by atoms with Crippen LogP contribution in [0.2, 0.25) is 5.02 Å². The van der Waals surface area contributed by atoms with Gasteiger partial charge >= 0.3 is 5.97 Å². The van der Waals surface area contributed by atoms with Gasteiger partial charge in [-0.3, -0.25) is 9.59 Å². The second kappa shape index (κ2) is 7.70. The van der Waals surface area contributed by atoms with Crippen LogP contribution in [0.3, 0.4) is 0 Å². The fraction of sp³-hybridized carbons (Fsp3) is 0.300. The molecule has 1 heterocycles. The first-order valence-electron chi connectivity index (χ1n) is 8.45. The Morgan fingerprint density at radius 2 is 1.88 bits per heavy atom. The highest BCUT2D eigenvalue weighted by Crippen LogP contribution is 2.39. The summed E-state index contributed by atoms with van der Waals surface area (Å²) < 4.78 is 5.30. The van der Waals surface area contributed by atoms with Gasteiger partial charge < -0.3 is 9.64 Å². The summed E-state index contributed by atoms with van der Waals surface area (Å²) in [5.74, 6) is -0.397. The number of unbranched alkanes of at least 4 members (excludes halogenated alkanes) is 1. The maximum absolute atomic E-state index is 12.9. The van der Waals surface area contributed by atoms with Gasteiger partial charge in [0.15, 0.2) is 0 Å². The first kappa shape index (κ1) is 17.5. The van der Waals surface area contributed by atoms with Gasteiger partial charge in [0.25, 0.3) is 5.91 Å². The zero-order valence-electron chi connectivity index (χ0n) is 14.1. The molecular weight excluding hydrogens is 338 g/mol. The van der Waals surface area contributed by atoms with Crippen molar-refractivity contribution in [3.8, 4) is 0 Å². The van der Waals surface area contributed by atoms with Gasteiger partial charge in [0.05, 0.1) is 19.1 Å². The van der Waals surface area contributed by atoms with Crippen LogP contribution in [-0.4, -0.2) is 18.5 Å². The molecule has 5 heteroatoms. The molecule has 1 amide bonds. The third-order valence-corrected chi connectivity index (χ3v) is 4.56. The molecule has 2 aromatic rings. The number of amides is 1. The van der Waals surface area contributed by atoms with Crippen LogP contribution in [0.25, 0.3) is 0 Å². The van der Waals surface area contributed by atoms with Crippen LogP contribution in [0.15, 0.2) is 48.5 Å². The molecule has 0 saturated heterocycles. The van der Waals surface area contributed by atoms with E-state index in [9.17, 15) is 9.59 Å². The molecule has 0 N–H and O–H groups in total. The molecule has 2 aromatic carbocycles. The van der Waals surface area contributed by atoms with Gasteiger partial charge in [-0.15, -0.1) is 0 Å². The lowest BCUT2D eigenvalue weighted by Crippen LogP contribution is -2.29. The number of carbonyl (C=O) groups is 2. The van der Waals surface area contributed by atoms with Crippen LogP contribution in [0, 0.1) is 0 Å². The number of benzene rings is 2. The average molecular weight is 358 g/mol. The van der Waals surface area contributed by atoms with Gasteiger partial charge in [-0.05, 0) is 42.3 Å². The summed E-state index contributed by atoms with van der Waals surface area (Å²) in [4.78, 5) is 26.8. The lowest BCUT2D eigenvalue weighted by molar-refractivity contribution is -0.144. The molecule has 0 spiro atoms. The van der Waals surface area contributed by atoms with Crippen LogP contribution in [-0.2, 0) is 9.53 Å². The molecule has 4 nitrogen and oxygen atoms in total. The molecule has 25 heavy (non-hydrogen) atoms. The molecule has 130 valence electrons. The van der Waals surface area contributed by atoms with Gasteiger partial charge in [0.2, 0.25) is 0 Å². The second-order valence-electron chi connectivity index (χ2n) is 6.03. The van der Waals surface area contributed by atoms with Gasteiger partial charge in [-0.2, -0.15) is 0 Å². The van der Waals surface area contributed by atoms with E-state index in [1.165, 1.54) is 0 Å². The SMILES string of the molecule is CCCCOC(=O)CC1c2ccccc2C(=O)N1c1ccc(Cl)cc1. The van der Waals surface area contributed by atoms with Crippen molar-refractivity contribution in [3.63, 3.8) is 0 Å². The smallest absolute Gasteiger partial charge is 0.308 e. The first-order valence-corrected chi connectivity index (χ1v) is 8.83. The number of esters is 1. The molecule has 0 radical (unpaired) electrons. The Bertz CT molecular complexity index is 773. The van der Waals surface area contributed by atoms with Crippen LogP contribution >= 0.6 is 11.6 Å². The Kier molecular flexibility index (Phi) is 5.39. The molecule has 0 fully saturated rings. The molecule has 1 aliphatic rings. The van der Waals surface area contributed by atoms with Crippen molar-refractivity contribution in [3.05, 3.63) is 64.7 Å². The summed E-state index contributed by atoms with van der Waals surface area (Å²) in [6.07, 6.45) is 1.94. The average Bonchev–Trinajstić information content (AvgIpc) is 2.89. The molecule has 0 bridgehead atoms. The van der Waals surface area contributed by atoms with Gasteiger partial charge in [-0.25, -0.2) is 0 Å². The van der Waals surface area contributed by atoms with E-state index in [2.05, 4.69) is 0 Å². The number of ether oxygens (including phenoxy) is 1. The van der Waals surface area contributed by atoms with Gasteiger partial charge in [0, 0.05) is 16.3 Å². The quantitative estimate of drug-likeness (QED) is 0.552. The van der Waals surface area contributed by atoms with Crippen molar-refractivity contribution in [2.45, 2.75) is 32.2 Å². The predicted molar refractivity (Wildman–Crippen MR) is 97.9 cm³/mol. The zero-order valence-corrected chi connectivity index (χ0v) is 14.8. The minimum atomic E-state index is -0.362. The highest BCUT2D eigenvalue weighted by molar-refractivity contribution is 6.30. The molecule has 0 saturated carbocycles. The zero-order chi connectivity index (χ0) is 17.8. The van der Waals surface area contributed by atoms with Crippen LogP contribution in [0.5, 0.6) is 0 Å². The van der Waals surface area contributed by atoms with E-state index in [1.807, 2.05) is 25.1 Å². The van der Waals surface area contributed by atoms with E-state index in [1.54, 1.807) is 35.2 Å². The van der Waals surface area contributed by atoms with E-state index >= 15 is 0 Å². The van der Waals surface area contributed by atoms with Crippen LogP contribution in [0.4, 0.5) is 5.69 Å². The van der Waals surface area contributed by atoms with Crippen molar-refractivity contribution in [2.75, 3.05) is 11.5 Å². The number of nitrogens with zero attached hydrogens (tertiary/aromatic N) is 1. The van der Waals surface area contributed by atoms with E-state index in [0.717, 1.165) is 24.1 Å². The molecule has 0 aliphatic carbocycles.